The number of H-pyrrole nitrogens is 1. The van der Waals surface area contributed by atoms with Crippen LogP contribution in [0.2, 0.25) is 0 Å². The lowest BCUT2D eigenvalue weighted by Gasteiger charge is -2.21. The van der Waals surface area contributed by atoms with Crippen molar-refractivity contribution in [2.45, 2.75) is 58.0 Å². The van der Waals surface area contributed by atoms with Crippen LogP contribution in [-0.4, -0.2) is 35.8 Å². The summed E-state index contributed by atoms with van der Waals surface area (Å²) in [5.41, 5.74) is 3.07. The molecule has 5 rings (SSSR count). The fourth-order valence-corrected chi connectivity index (χ4v) is 4.70. The molecule has 2 heterocycles. The predicted octanol–water partition coefficient (Wildman–Crippen LogP) is 7.30. The van der Waals surface area contributed by atoms with Gasteiger partial charge in [0.05, 0.1) is 12.8 Å². The van der Waals surface area contributed by atoms with Crippen molar-refractivity contribution in [1.29, 1.82) is 0 Å². The number of Topliss-reactive ketones (excluding diaryl/α,β-unsaturated/α-hetero) is 1. The zero-order valence-corrected chi connectivity index (χ0v) is 21.9. The summed E-state index contributed by atoms with van der Waals surface area (Å²) in [7, 11) is 1.61. The highest BCUT2D eigenvalue weighted by atomic mass is 19.4. The van der Waals surface area contributed by atoms with E-state index >= 15 is 0 Å². The first-order chi connectivity index (χ1) is 18.1. The summed E-state index contributed by atoms with van der Waals surface area (Å²) in [6.07, 6.45) is -2.70. The first kappa shape index (κ1) is 27.4. The molecule has 0 amide bonds. The SMILES string of the molecule is CC.COc1cc2c(cc1C)NCC(c1ccc(CC(=O)Cc3cc(C4(C(F)(F)F)CC4)n[nH]3)c(F)c1)=C2.[HH].[HH]. The van der Waals surface area contributed by atoms with Crippen LogP contribution in [0.5, 0.6) is 5.75 Å². The Hall–Kier alpha value is -3.62. The normalized spacial score (nSPS) is 15.4. The van der Waals surface area contributed by atoms with Crippen LogP contribution < -0.4 is 10.1 Å². The Bertz CT molecular complexity index is 1380. The van der Waals surface area contributed by atoms with E-state index in [1.54, 1.807) is 19.2 Å². The molecular weight excluding hydrogens is 498 g/mol. The summed E-state index contributed by atoms with van der Waals surface area (Å²) < 4.78 is 60.2. The number of nitrogens with one attached hydrogen (secondary N) is 2. The van der Waals surface area contributed by atoms with Crippen LogP contribution >= 0.6 is 0 Å². The van der Waals surface area contributed by atoms with Crippen LogP contribution in [0.1, 0.15) is 63.2 Å². The summed E-state index contributed by atoms with van der Waals surface area (Å²) in [6, 6.07) is 9.99. The molecule has 0 atom stereocenters. The number of nitrogens with zero attached hydrogens (tertiary/aromatic N) is 1. The maximum absolute atomic E-state index is 14.9. The third-order valence-electron chi connectivity index (χ3n) is 6.98. The summed E-state index contributed by atoms with van der Waals surface area (Å²) in [4.78, 5) is 12.5. The van der Waals surface area contributed by atoms with Crippen molar-refractivity contribution in [3.05, 3.63) is 75.9 Å². The van der Waals surface area contributed by atoms with E-state index in [1.165, 1.54) is 12.1 Å². The van der Waals surface area contributed by atoms with Gasteiger partial charge in [-0.1, -0.05) is 26.0 Å². The van der Waals surface area contributed by atoms with Crippen molar-refractivity contribution < 1.29 is 29.9 Å². The van der Waals surface area contributed by atoms with Gasteiger partial charge >= 0.3 is 6.18 Å². The number of carbonyl (C=O) groups excluding carboxylic acids is 1. The molecule has 0 unspecified atom stereocenters. The first-order valence-electron chi connectivity index (χ1n) is 12.6. The van der Waals surface area contributed by atoms with Crippen molar-refractivity contribution in [3.8, 4) is 5.75 Å². The second-order valence-corrected chi connectivity index (χ2v) is 9.49. The van der Waals surface area contributed by atoms with E-state index in [2.05, 4.69) is 15.5 Å². The van der Waals surface area contributed by atoms with Crippen LogP contribution in [0.25, 0.3) is 11.6 Å². The Labute approximate surface area is 222 Å². The number of hydrogen-bond donors (Lipinski definition) is 2. The number of ether oxygens (including phenoxy) is 1. The average Bonchev–Trinajstić information content (AvgIpc) is 3.59. The fourth-order valence-electron chi connectivity index (χ4n) is 4.70. The molecular formula is C29H35F4N3O2. The van der Waals surface area contributed by atoms with Crippen molar-refractivity contribution in [3.63, 3.8) is 0 Å². The number of carbonyl (C=O) groups is 1. The van der Waals surface area contributed by atoms with Crippen LogP contribution in [0.15, 0.2) is 36.4 Å². The van der Waals surface area contributed by atoms with E-state index in [1.807, 2.05) is 39.0 Å². The van der Waals surface area contributed by atoms with Gasteiger partial charge in [0.1, 0.15) is 22.8 Å². The molecule has 1 aliphatic carbocycles. The molecule has 9 heteroatoms. The minimum absolute atomic E-state index is 0. The fraction of sp³-hybridized carbons (Fsp3) is 0.379. The van der Waals surface area contributed by atoms with Crippen molar-refractivity contribution in [1.82, 2.24) is 10.2 Å². The number of rotatable bonds is 7. The standard InChI is InChI=1S/C27H25F4N3O2.C2H6.2H2/c1-15-7-23-18(11-24(15)36-2)8-19(14-32-23)16-3-4-17(22(28)10-16)9-21(35)12-20-13-25(34-33-20)26(5-6-26)27(29,30)31;1-2;;/h3-4,7-8,10-11,13,32H,5-6,9,12,14H2,1-2H3,(H,33,34);1-2H3;2*1H. The Morgan fingerprint density at radius 2 is 1.87 bits per heavy atom. The molecule has 0 spiro atoms. The summed E-state index contributed by atoms with van der Waals surface area (Å²) >= 11 is 0. The van der Waals surface area contributed by atoms with Gasteiger partial charge in [-0.05, 0) is 72.4 Å². The zero-order chi connectivity index (χ0) is 27.7. The van der Waals surface area contributed by atoms with Gasteiger partial charge in [-0.25, -0.2) is 4.39 Å². The molecule has 2 aromatic carbocycles. The van der Waals surface area contributed by atoms with Gasteiger partial charge in [-0.15, -0.1) is 0 Å². The third kappa shape index (κ3) is 5.33. The number of alkyl halides is 3. The summed E-state index contributed by atoms with van der Waals surface area (Å²) in [5, 5.41) is 9.68. The van der Waals surface area contributed by atoms with Crippen molar-refractivity contribution in [2.24, 2.45) is 0 Å². The number of benzene rings is 2. The number of halogens is 4. The number of aromatic nitrogens is 2. The highest BCUT2D eigenvalue weighted by molar-refractivity contribution is 5.91. The Morgan fingerprint density at radius 3 is 2.50 bits per heavy atom. The van der Waals surface area contributed by atoms with Crippen molar-refractivity contribution >= 4 is 23.1 Å². The van der Waals surface area contributed by atoms with Gasteiger partial charge in [0, 0.05) is 39.2 Å². The molecule has 2 N–H and O–H groups in total. The summed E-state index contributed by atoms with van der Waals surface area (Å²) in [5.74, 6) is -0.0554. The van der Waals surface area contributed by atoms with E-state index in [0.29, 0.717) is 17.8 Å². The molecule has 1 saturated carbocycles. The molecule has 5 nitrogen and oxygen atoms in total. The number of ketones is 1. The molecule has 0 radical (unpaired) electrons. The molecule has 1 fully saturated rings. The number of fused-ring (bicyclic) bond motifs is 1. The maximum atomic E-state index is 14.9. The largest absolute Gasteiger partial charge is 0.496 e. The lowest BCUT2D eigenvalue weighted by atomic mass is 9.95. The van der Waals surface area contributed by atoms with E-state index < -0.39 is 17.4 Å². The molecule has 1 aromatic heterocycles. The maximum Gasteiger partial charge on any atom is 0.400 e. The van der Waals surface area contributed by atoms with Gasteiger partial charge in [0.25, 0.3) is 0 Å². The van der Waals surface area contributed by atoms with Gasteiger partial charge < -0.3 is 10.1 Å². The summed E-state index contributed by atoms with van der Waals surface area (Å²) in [6.45, 7) is 6.49. The molecule has 2 aliphatic rings. The Morgan fingerprint density at radius 1 is 1.13 bits per heavy atom. The number of aromatic amines is 1. The molecule has 38 heavy (non-hydrogen) atoms. The van der Waals surface area contributed by atoms with Gasteiger partial charge in [-0.3, -0.25) is 9.89 Å². The third-order valence-corrected chi connectivity index (χ3v) is 6.98. The monoisotopic (exact) mass is 533 g/mol. The quantitative estimate of drug-likeness (QED) is 0.313. The first-order valence-corrected chi connectivity index (χ1v) is 12.6. The van der Waals surface area contributed by atoms with Crippen LogP contribution in [-0.2, 0) is 23.1 Å². The Kier molecular flexibility index (Phi) is 7.67. The van der Waals surface area contributed by atoms with Gasteiger partial charge in [-0.2, -0.15) is 18.3 Å². The molecule has 0 saturated heterocycles. The molecule has 3 aromatic rings. The highest BCUT2D eigenvalue weighted by Gasteiger charge is 2.65. The molecule has 0 bridgehead atoms. The van der Waals surface area contributed by atoms with Crippen LogP contribution in [0, 0.1) is 12.7 Å². The minimum Gasteiger partial charge on any atom is -0.496 e. The topological polar surface area (TPSA) is 67.0 Å². The minimum atomic E-state index is -4.37. The van der Waals surface area contributed by atoms with Crippen LogP contribution in [0.4, 0.5) is 23.2 Å². The number of aryl methyl sites for hydroxylation is 1. The smallest absolute Gasteiger partial charge is 0.400 e. The van der Waals surface area contributed by atoms with E-state index in [-0.39, 0.29) is 45.6 Å². The van der Waals surface area contributed by atoms with E-state index in [0.717, 1.165) is 28.1 Å². The molecule has 1 aliphatic heterocycles. The number of hydrogen-bond acceptors (Lipinski definition) is 4. The zero-order valence-electron chi connectivity index (χ0n) is 21.9. The predicted molar refractivity (Wildman–Crippen MR) is 144 cm³/mol. The van der Waals surface area contributed by atoms with Gasteiger partial charge in [0.15, 0.2) is 0 Å². The second kappa shape index (κ2) is 10.6. The van der Waals surface area contributed by atoms with E-state index in [4.69, 9.17) is 4.74 Å². The lowest BCUT2D eigenvalue weighted by molar-refractivity contribution is -0.161. The van der Waals surface area contributed by atoms with Crippen LogP contribution in [0.3, 0.4) is 0 Å². The molecule has 206 valence electrons. The lowest BCUT2D eigenvalue weighted by Crippen LogP contribution is -2.28. The highest BCUT2D eigenvalue weighted by Crippen LogP contribution is 2.58. The van der Waals surface area contributed by atoms with Crippen molar-refractivity contribution in [2.75, 3.05) is 19.0 Å². The van der Waals surface area contributed by atoms with Gasteiger partial charge in [0.2, 0.25) is 0 Å². The Balaban J connectivity index is 0.00000137. The van der Waals surface area contributed by atoms with E-state index in [9.17, 15) is 22.4 Å². The number of methoxy groups -OCH3 is 1. The average molecular weight is 534 g/mol. The second-order valence-electron chi connectivity index (χ2n) is 9.49. The number of anilines is 1.